The van der Waals surface area contributed by atoms with E-state index in [1.54, 1.807) is 0 Å². The highest BCUT2D eigenvalue weighted by Gasteiger charge is 2.35. The predicted octanol–water partition coefficient (Wildman–Crippen LogP) is 7.47. The molecule has 1 atom stereocenters. The van der Waals surface area contributed by atoms with E-state index in [9.17, 15) is 0 Å². The number of halogens is 1. The average Bonchev–Trinajstić information content (AvgIpc) is 2.88. The van der Waals surface area contributed by atoms with Crippen LogP contribution in [-0.4, -0.2) is 0 Å². The first kappa shape index (κ1) is 17.2. The van der Waals surface area contributed by atoms with Crippen LogP contribution in [0.2, 0.25) is 0 Å². The summed E-state index contributed by atoms with van der Waals surface area (Å²) in [7, 11) is 0. The Kier molecular flexibility index (Phi) is 3.87. The summed E-state index contributed by atoms with van der Waals surface area (Å²) in [6.07, 6.45) is 5.81. The molecule has 2 aliphatic carbocycles. The van der Waals surface area contributed by atoms with E-state index >= 15 is 0 Å². The van der Waals surface area contributed by atoms with Crippen LogP contribution in [0.3, 0.4) is 0 Å². The van der Waals surface area contributed by atoms with Gasteiger partial charge < -0.3 is 0 Å². The van der Waals surface area contributed by atoms with Gasteiger partial charge in [-0.1, -0.05) is 69.3 Å². The van der Waals surface area contributed by atoms with Gasteiger partial charge in [-0.15, -0.1) is 0 Å². The molecule has 1 unspecified atom stereocenters. The lowest BCUT2D eigenvalue weighted by atomic mass is 9.80. The minimum absolute atomic E-state index is 0.0427. The van der Waals surface area contributed by atoms with Crippen LogP contribution in [0, 0.1) is 9.49 Å². The molecule has 0 heterocycles. The molecular weight excluding hydrogens is 439 g/mol. The van der Waals surface area contributed by atoms with Gasteiger partial charge in [0.2, 0.25) is 0 Å². The van der Waals surface area contributed by atoms with Crippen LogP contribution in [0.15, 0.2) is 60.7 Å². The monoisotopic (exact) mass is 462 g/mol. The Labute approximate surface area is 175 Å². The van der Waals surface area contributed by atoms with Gasteiger partial charge in [0, 0.05) is 8.99 Å². The van der Waals surface area contributed by atoms with Crippen molar-refractivity contribution in [1.82, 2.24) is 0 Å². The molecule has 0 bridgehead atoms. The molecule has 0 radical (unpaired) electrons. The summed E-state index contributed by atoms with van der Waals surface area (Å²) in [6.45, 7) is 7.02. The third-order valence-electron chi connectivity index (χ3n) is 6.28. The Hall–Kier alpha value is -1.87. The van der Waals surface area contributed by atoms with Crippen molar-refractivity contribution < 1.29 is 0 Å². The number of rotatable bonds is 1. The molecule has 3 aromatic rings. The van der Waals surface area contributed by atoms with Gasteiger partial charge in [-0.3, -0.25) is 0 Å². The van der Waals surface area contributed by atoms with Crippen molar-refractivity contribution in [3.63, 3.8) is 0 Å². The van der Waals surface area contributed by atoms with Gasteiger partial charge in [0.05, 0.1) is 0 Å². The Balaban J connectivity index is 1.69. The molecule has 0 N–H and O–H groups in total. The standard InChI is InChI=1S/C26H23I/c1-16-7-10-21-17(13-16)5-4-6-20(21)18-8-11-22-23-12-9-19(27)15-25(23)26(2,3)24(22)14-18/h4-12,14-16H,13H2,1-3H3. The average molecular weight is 462 g/mol. The second kappa shape index (κ2) is 6.07. The molecule has 0 aromatic heterocycles. The molecular formula is C26H23I. The highest BCUT2D eigenvalue weighted by molar-refractivity contribution is 14.1. The third kappa shape index (κ3) is 2.62. The molecule has 2 aliphatic rings. The van der Waals surface area contributed by atoms with E-state index in [-0.39, 0.29) is 5.41 Å². The highest BCUT2D eigenvalue weighted by atomic mass is 127. The van der Waals surface area contributed by atoms with Crippen molar-refractivity contribution in [2.24, 2.45) is 5.92 Å². The molecule has 0 spiro atoms. The zero-order valence-corrected chi connectivity index (χ0v) is 18.2. The molecule has 3 aromatic carbocycles. The van der Waals surface area contributed by atoms with Crippen molar-refractivity contribution in [2.45, 2.75) is 32.6 Å². The zero-order chi connectivity index (χ0) is 18.8. The minimum atomic E-state index is 0.0427. The predicted molar refractivity (Wildman–Crippen MR) is 124 cm³/mol. The summed E-state index contributed by atoms with van der Waals surface area (Å²) >= 11 is 2.42. The molecule has 0 nitrogen and oxygen atoms in total. The van der Waals surface area contributed by atoms with Crippen molar-refractivity contribution in [3.05, 3.63) is 86.5 Å². The van der Waals surface area contributed by atoms with Gasteiger partial charge in [0.15, 0.2) is 0 Å². The molecule has 1 heteroatoms. The summed E-state index contributed by atoms with van der Waals surface area (Å²) in [5.41, 5.74) is 11.3. The number of benzene rings is 3. The van der Waals surface area contributed by atoms with Gasteiger partial charge >= 0.3 is 0 Å². The lowest BCUT2D eigenvalue weighted by Gasteiger charge is -2.23. The topological polar surface area (TPSA) is 0 Å². The quantitative estimate of drug-likeness (QED) is 0.329. The summed E-state index contributed by atoms with van der Waals surface area (Å²) in [6, 6.07) is 20.7. The van der Waals surface area contributed by atoms with E-state index in [1.165, 1.54) is 48.1 Å². The Morgan fingerprint density at radius 2 is 1.63 bits per heavy atom. The van der Waals surface area contributed by atoms with E-state index in [4.69, 9.17) is 0 Å². The smallest absolute Gasteiger partial charge is 0.0159 e. The Morgan fingerprint density at radius 3 is 2.44 bits per heavy atom. The number of allylic oxidation sites excluding steroid dienone is 1. The third-order valence-corrected chi connectivity index (χ3v) is 6.95. The van der Waals surface area contributed by atoms with Crippen LogP contribution in [0.4, 0.5) is 0 Å². The van der Waals surface area contributed by atoms with E-state index in [2.05, 4.69) is 110 Å². The van der Waals surface area contributed by atoms with Crippen molar-refractivity contribution >= 4 is 28.7 Å². The van der Waals surface area contributed by atoms with E-state index < -0.39 is 0 Å². The van der Waals surface area contributed by atoms with Crippen LogP contribution in [-0.2, 0) is 11.8 Å². The molecule has 27 heavy (non-hydrogen) atoms. The summed E-state index contributed by atoms with van der Waals surface area (Å²) in [5.74, 6) is 0.628. The maximum absolute atomic E-state index is 2.43. The molecule has 0 saturated heterocycles. The number of hydrogen-bond acceptors (Lipinski definition) is 0. The lowest BCUT2D eigenvalue weighted by molar-refractivity contribution is 0.660. The van der Waals surface area contributed by atoms with Crippen LogP contribution in [0.25, 0.3) is 28.3 Å². The van der Waals surface area contributed by atoms with Gasteiger partial charge in [-0.2, -0.15) is 0 Å². The number of hydrogen-bond donors (Lipinski definition) is 0. The molecule has 134 valence electrons. The molecule has 0 saturated carbocycles. The summed E-state index contributed by atoms with van der Waals surface area (Å²) < 4.78 is 1.31. The maximum atomic E-state index is 2.43. The van der Waals surface area contributed by atoms with Crippen molar-refractivity contribution in [1.29, 1.82) is 0 Å². The van der Waals surface area contributed by atoms with Crippen molar-refractivity contribution in [3.8, 4) is 22.3 Å². The van der Waals surface area contributed by atoms with Gasteiger partial charge in [0.1, 0.15) is 0 Å². The fourth-order valence-electron chi connectivity index (χ4n) is 4.79. The van der Waals surface area contributed by atoms with E-state index in [0.717, 1.165) is 6.42 Å². The second-order valence-corrected chi connectivity index (χ2v) is 9.74. The lowest BCUT2D eigenvalue weighted by Crippen LogP contribution is -2.15. The largest absolute Gasteiger partial charge is 0.0807 e. The maximum Gasteiger partial charge on any atom is 0.0159 e. The first-order valence-corrected chi connectivity index (χ1v) is 10.8. The molecule has 5 rings (SSSR count). The van der Waals surface area contributed by atoms with Gasteiger partial charge in [-0.25, -0.2) is 0 Å². The summed E-state index contributed by atoms with van der Waals surface area (Å²) in [5, 5.41) is 0. The number of fused-ring (bicyclic) bond motifs is 4. The van der Waals surface area contributed by atoms with E-state index in [0.29, 0.717) is 5.92 Å². The van der Waals surface area contributed by atoms with Crippen molar-refractivity contribution in [2.75, 3.05) is 0 Å². The first-order valence-electron chi connectivity index (χ1n) is 9.70. The fraction of sp³-hybridized carbons (Fsp3) is 0.231. The van der Waals surface area contributed by atoms with Crippen LogP contribution >= 0.6 is 22.6 Å². The molecule has 0 fully saturated rings. The Bertz CT molecular complexity index is 1100. The fourth-order valence-corrected chi connectivity index (χ4v) is 5.28. The molecule has 0 aliphatic heterocycles. The van der Waals surface area contributed by atoms with E-state index in [1.807, 2.05) is 0 Å². The van der Waals surface area contributed by atoms with Gasteiger partial charge in [-0.05, 0) is 97.6 Å². The van der Waals surface area contributed by atoms with Crippen LogP contribution in [0.1, 0.15) is 43.0 Å². The second-order valence-electron chi connectivity index (χ2n) is 8.49. The normalized spacial score (nSPS) is 18.7. The van der Waals surface area contributed by atoms with Gasteiger partial charge in [0.25, 0.3) is 0 Å². The van der Waals surface area contributed by atoms with Crippen LogP contribution < -0.4 is 0 Å². The summed E-state index contributed by atoms with van der Waals surface area (Å²) in [4.78, 5) is 0. The first-order chi connectivity index (χ1) is 12.9. The SMILES string of the molecule is CC1C=Cc2c(cccc2-c2ccc3c(c2)C(C)(C)c2cc(I)ccc2-3)C1. The minimum Gasteiger partial charge on any atom is -0.0807 e. The zero-order valence-electron chi connectivity index (χ0n) is 16.0. The van der Waals surface area contributed by atoms with Crippen LogP contribution in [0.5, 0.6) is 0 Å². The molecule has 0 amide bonds. The Morgan fingerprint density at radius 1 is 0.889 bits per heavy atom. The highest BCUT2D eigenvalue weighted by Crippen LogP contribution is 2.50.